The lowest BCUT2D eigenvalue weighted by atomic mass is 9.96. The van der Waals surface area contributed by atoms with Gasteiger partial charge in [-0.15, -0.1) is 0 Å². The number of nitrogens with two attached hydrogens (primary N) is 1. The first-order valence-electron chi connectivity index (χ1n) is 4.27. The highest BCUT2D eigenvalue weighted by atomic mass is 19.1. The molecule has 1 rings (SSSR count). The van der Waals surface area contributed by atoms with E-state index >= 15 is 0 Å². The van der Waals surface area contributed by atoms with Crippen molar-refractivity contribution in [3.63, 3.8) is 0 Å². The number of benzene rings is 1. The maximum absolute atomic E-state index is 13.2. The van der Waals surface area contributed by atoms with E-state index < -0.39 is 11.9 Å². The normalized spacial score (nSPS) is 13.3. The van der Waals surface area contributed by atoms with Gasteiger partial charge in [0, 0.05) is 11.6 Å². The molecular weight excluding hydrogens is 169 g/mol. The van der Waals surface area contributed by atoms with Gasteiger partial charge >= 0.3 is 0 Å². The SMILES string of the molecule is CC(C)[C@H](N)c1c(O)cccc1F. The molecule has 0 fully saturated rings. The highest BCUT2D eigenvalue weighted by Gasteiger charge is 2.18. The molecule has 0 aliphatic heterocycles. The fourth-order valence-electron chi connectivity index (χ4n) is 1.19. The molecule has 0 saturated heterocycles. The summed E-state index contributed by atoms with van der Waals surface area (Å²) >= 11 is 0. The molecule has 1 atom stereocenters. The predicted molar refractivity (Wildman–Crippen MR) is 49.8 cm³/mol. The smallest absolute Gasteiger partial charge is 0.131 e. The lowest BCUT2D eigenvalue weighted by Crippen LogP contribution is -2.18. The quantitative estimate of drug-likeness (QED) is 0.738. The number of hydrogen-bond acceptors (Lipinski definition) is 2. The van der Waals surface area contributed by atoms with Crippen molar-refractivity contribution < 1.29 is 9.50 Å². The van der Waals surface area contributed by atoms with Crippen LogP contribution in [0.2, 0.25) is 0 Å². The maximum Gasteiger partial charge on any atom is 0.131 e. The first-order valence-corrected chi connectivity index (χ1v) is 4.27. The highest BCUT2D eigenvalue weighted by molar-refractivity contribution is 5.35. The summed E-state index contributed by atoms with van der Waals surface area (Å²) in [5, 5.41) is 9.39. The van der Waals surface area contributed by atoms with Crippen molar-refractivity contribution in [1.82, 2.24) is 0 Å². The van der Waals surface area contributed by atoms with Crippen molar-refractivity contribution in [3.8, 4) is 5.75 Å². The number of aromatic hydroxyl groups is 1. The summed E-state index contributed by atoms with van der Waals surface area (Å²) in [4.78, 5) is 0. The topological polar surface area (TPSA) is 46.2 Å². The van der Waals surface area contributed by atoms with Crippen LogP contribution in [0, 0.1) is 11.7 Å². The lowest BCUT2D eigenvalue weighted by molar-refractivity contribution is 0.423. The zero-order valence-corrected chi connectivity index (χ0v) is 7.79. The third-order valence-electron chi connectivity index (χ3n) is 2.08. The molecule has 0 aliphatic carbocycles. The van der Waals surface area contributed by atoms with Gasteiger partial charge in [0.1, 0.15) is 11.6 Å². The second-order valence-corrected chi connectivity index (χ2v) is 3.44. The fraction of sp³-hybridized carbons (Fsp3) is 0.400. The Balaban J connectivity index is 3.12. The van der Waals surface area contributed by atoms with Crippen LogP contribution >= 0.6 is 0 Å². The van der Waals surface area contributed by atoms with Gasteiger partial charge in [0.2, 0.25) is 0 Å². The van der Waals surface area contributed by atoms with Crippen LogP contribution in [0.25, 0.3) is 0 Å². The number of rotatable bonds is 2. The van der Waals surface area contributed by atoms with Crippen LogP contribution in [0.4, 0.5) is 4.39 Å². The summed E-state index contributed by atoms with van der Waals surface area (Å²) in [6.07, 6.45) is 0. The van der Waals surface area contributed by atoms with E-state index in [1.54, 1.807) is 0 Å². The van der Waals surface area contributed by atoms with Gasteiger partial charge in [0.15, 0.2) is 0 Å². The van der Waals surface area contributed by atoms with E-state index in [9.17, 15) is 9.50 Å². The molecule has 3 heteroatoms. The zero-order valence-electron chi connectivity index (χ0n) is 7.79. The summed E-state index contributed by atoms with van der Waals surface area (Å²) in [6.45, 7) is 3.77. The Hall–Kier alpha value is -1.09. The van der Waals surface area contributed by atoms with Crippen molar-refractivity contribution in [2.24, 2.45) is 11.7 Å². The molecule has 0 bridgehead atoms. The summed E-state index contributed by atoms with van der Waals surface area (Å²) in [5.74, 6) is -0.412. The molecule has 0 spiro atoms. The van der Waals surface area contributed by atoms with E-state index in [1.807, 2.05) is 13.8 Å². The van der Waals surface area contributed by atoms with Gasteiger partial charge < -0.3 is 10.8 Å². The molecule has 0 heterocycles. The van der Waals surface area contributed by atoms with Crippen LogP contribution in [0.3, 0.4) is 0 Å². The third-order valence-corrected chi connectivity index (χ3v) is 2.08. The maximum atomic E-state index is 13.2. The molecule has 72 valence electrons. The van der Waals surface area contributed by atoms with E-state index in [1.165, 1.54) is 18.2 Å². The number of hydrogen-bond donors (Lipinski definition) is 2. The Morgan fingerprint density at radius 2 is 2.00 bits per heavy atom. The molecule has 3 N–H and O–H groups in total. The standard InChI is InChI=1S/C10H14FNO/c1-6(2)10(12)9-7(11)4-3-5-8(9)13/h3-6,10,13H,12H2,1-2H3/t10-/m0/s1. The van der Waals surface area contributed by atoms with Crippen molar-refractivity contribution in [2.45, 2.75) is 19.9 Å². The summed E-state index contributed by atoms with van der Waals surface area (Å²) < 4.78 is 13.2. The Kier molecular flexibility index (Phi) is 2.88. The minimum atomic E-state index is -0.457. The van der Waals surface area contributed by atoms with E-state index in [0.717, 1.165) is 0 Å². The largest absolute Gasteiger partial charge is 0.508 e. The van der Waals surface area contributed by atoms with Gasteiger partial charge in [0.25, 0.3) is 0 Å². The first-order chi connectivity index (χ1) is 6.04. The second-order valence-electron chi connectivity index (χ2n) is 3.44. The molecule has 0 saturated carbocycles. The molecule has 0 aliphatic rings. The molecule has 13 heavy (non-hydrogen) atoms. The number of phenolic OH excluding ortho intramolecular Hbond substituents is 1. The van der Waals surface area contributed by atoms with Crippen LogP contribution < -0.4 is 5.73 Å². The average molecular weight is 183 g/mol. The Bertz CT molecular complexity index is 279. The van der Waals surface area contributed by atoms with Gasteiger partial charge in [-0.1, -0.05) is 19.9 Å². The van der Waals surface area contributed by atoms with Crippen molar-refractivity contribution in [1.29, 1.82) is 0 Å². The van der Waals surface area contributed by atoms with Crippen LogP contribution in [0.5, 0.6) is 5.75 Å². The van der Waals surface area contributed by atoms with Gasteiger partial charge in [-0.05, 0) is 18.1 Å². The molecule has 1 aromatic rings. The van der Waals surface area contributed by atoms with Crippen molar-refractivity contribution in [3.05, 3.63) is 29.6 Å². The predicted octanol–water partition coefficient (Wildman–Crippen LogP) is 2.19. The highest BCUT2D eigenvalue weighted by Crippen LogP contribution is 2.29. The second kappa shape index (κ2) is 3.75. The average Bonchev–Trinajstić information content (AvgIpc) is 2.03. The summed E-state index contributed by atoms with van der Waals surface area (Å²) in [5.41, 5.74) is 5.95. The zero-order chi connectivity index (χ0) is 10.0. The van der Waals surface area contributed by atoms with E-state index in [0.29, 0.717) is 0 Å². The van der Waals surface area contributed by atoms with Gasteiger partial charge in [-0.2, -0.15) is 0 Å². The van der Waals surface area contributed by atoms with E-state index in [4.69, 9.17) is 5.73 Å². The molecule has 0 radical (unpaired) electrons. The molecule has 2 nitrogen and oxygen atoms in total. The molecule has 0 unspecified atom stereocenters. The van der Waals surface area contributed by atoms with E-state index in [-0.39, 0.29) is 17.2 Å². The Morgan fingerprint density at radius 3 is 2.46 bits per heavy atom. The fourth-order valence-corrected chi connectivity index (χ4v) is 1.19. The monoisotopic (exact) mass is 183 g/mol. The first kappa shape index (κ1) is 9.99. The molecular formula is C10H14FNO. The molecule has 1 aromatic carbocycles. The van der Waals surface area contributed by atoms with Crippen LogP contribution in [-0.2, 0) is 0 Å². The summed E-state index contributed by atoms with van der Waals surface area (Å²) in [7, 11) is 0. The summed E-state index contributed by atoms with van der Waals surface area (Å²) in [6, 6.07) is 3.75. The minimum absolute atomic E-state index is 0.0683. The number of halogens is 1. The van der Waals surface area contributed by atoms with E-state index in [2.05, 4.69) is 0 Å². The van der Waals surface area contributed by atoms with Crippen LogP contribution in [0.1, 0.15) is 25.5 Å². The van der Waals surface area contributed by atoms with Gasteiger partial charge in [-0.25, -0.2) is 4.39 Å². The Morgan fingerprint density at radius 1 is 1.38 bits per heavy atom. The third kappa shape index (κ3) is 1.98. The van der Waals surface area contributed by atoms with Gasteiger partial charge in [-0.3, -0.25) is 0 Å². The lowest BCUT2D eigenvalue weighted by Gasteiger charge is -2.17. The van der Waals surface area contributed by atoms with Crippen molar-refractivity contribution in [2.75, 3.05) is 0 Å². The number of phenols is 1. The van der Waals surface area contributed by atoms with Crippen molar-refractivity contribution >= 4 is 0 Å². The van der Waals surface area contributed by atoms with Crippen LogP contribution in [0.15, 0.2) is 18.2 Å². The Labute approximate surface area is 77.2 Å². The minimum Gasteiger partial charge on any atom is -0.508 e. The molecule has 0 amide bonds. The van der Waals surface area contributed by atoms with Crippen LogP contribution in [-0.4, -0.2) is 5.11 Å². The van der Waals surface area contributed by atoms with Gasteiger partial charge in [0.05, 0.1) is 0 Å². The molecule has 0 aromatic heterocycles.